The standard InChI is InChI=1S/C24H29F3N6O2/c1-16-11-32(21-10-29-20(9-30-21)24(25,26)27)12-17(2)33(16)22(34)35-19-7-23(8-19)14-31(15-23)13-18-3-5-28-6-4-18/h3-6,9-10,16-17,19H,7-8,11-15H2,1-2H3/t16-,17+. The molecule has 0 radical (unpaired) electrons. The lowest BCUT2D eigenvalue weighted by Gasteiger charge is -2.58. The average molecular weight is 491 g/mol. The van der Waals surface area contributed by atoms with Crippen LogP contribution in [0, 0.1) is 5.41 Å². The molecular weight excluding hydrogens is 461 g/mol. The molecule has 2 aliphatic heterocycles. The van der Waals surface area contributed by atoms with E-state index in [4.69, 9.17) is 4.74 Å². The highest BCUT2D eigenvalue weighted by atomic mass is 19.4. The summed E-state index contributed by atoms with van der Waals surface area (Å²) in [5, 5.41) is 0. The zero-order valence-electron chi connectivity index (χ0n) is 19.8. The Morgan fingerprint density at radius 3 is 2.31 bits per heavy atom. The normalized spacial score (nSPS) is 24.7. The number of amides is 1. The number of carbonyl (C=O) groups is 1. The Kier molecular flexibility index (Phi) is 6.06. The third-order valence-corrected chi connectivity index (χ3v) is 7.24. The number of carbonyl (C=O) groups excluding carboxylic acids is 1. The first-order chi connectivity index (χ1) is 16.6. The highest BCUT2D eigenvalue weighted by molar-refractivity contribution is 5.69. The summed E-state index contributed by atoms with van der Waals surface area (Å²) in [6.07, 6.45) is 2.36. The molecule has 8 nitrogen and oxygen atoms in total. The Labute approximate surface area is 202 Å². The highest BCUT2D eigenvalue weighted by Crippen LogP contribution is 2.50. The van der Waals surface area contributed by atoms with Crippen molar-refractivity contribution in [2.24, 2.45) is 5.41 Å². The van der Waals surface area contributed by atoms with Crippen molar-refractivity contribution in [2.75, 3.05) is 31.1 Å². The van der Waals surface area contributed by atoms with Gasteiger partial charge >= 0.3 is 12.3 Å². The first-order valence-electron chi connectivity index (χ1n) is 11.9. The maximum Gasteiger partial charge on any atom is 0.434 e. The summed E-state index contributed by atoms with van der Waals surface area (Å²) < 4.78 is 44.1. The summed E-state index contributed by atoms with van der Waals surface area (Å²) in [4.78, 5) is 30.5. The summed E-state index contributed by atoms with van der Waals surface area (Å²) in [6, 6.07) is 3.71. The third kappa shape index (κ3) is 4.91. The SMILES string of the molecule is C[C@@H]1CN(c2cnc(C(F)(F)F)cn2)C[C@H](C)N1C(=O)OC1CC2(C1)CN(Cc1ccncc1)C2. The van der Waals surface area contributed by atoms with E-state index in [2.05, 4.69) is 19.9 Å². The molecule has 0 bridgehead atoms. The van der Waals surface area contributed by atoms with Crippen LogP contribution in [0.15, 0.2) is 36.9 Å². The molecule has 1 amide bonds. The van der Waals surface area contributed by atoms with E-state index >= 15 is 0 Å². The lowest BCUT2D eigenvalue weighted by molar-refractivity contribution is -0.141. The molecule has 2 atom stereocenters. The number of pyridine rings is 1. The van der Waals surface area contributed by atoms with Gasteiger partial charge in [0, 0.05) is 50.5 Å². The van der Waals surface area contributed by atoms with Gasteiger partial charge in [-0.2, -0.15) is 13.2 Å². The van der Waals surface area contributed by atoms with Crippen molar-refractivity contribution in [1.82, 2.24) is 24.8 Å². The minimum Gasteiger partial charge on any atom is -0.446 e. The number of piperazine rings is 1. The predicted octanol–water partition coefficient (Wildman–Crippen LogP) is 3.59. The molecule has 2 aromatic rings. The number of hydrogen-bond donors (Lipinski definition) is 0. The lowest BCUT2D eigenvalue weighted by Crippen LogP contribution is -2.65. The van der Waals surface area contributed by atoms with Crippen LogP contribution in [0.4, 0.5) is 23.8 Å². The van der Waals surface area contributed by atoms with Crippen molar-refractivity contribution in [3.05, 3.63) is 48.2 Å². The van der Waals surface area contributed by atoms with Gasteiger partial charge in [-0.05, 0) is 44.4 Å². The zero-order valence-corrected chi connectivity index (χ0v) is 19.8. The van der Waals surface area contributed by atoms with Gasteiger partial charge in [0.05, 0.1) is 24.5 Å². The van der Waals surface area contributed by atoms with Crippen molar-refractivity contribution in [2.45, 2.75) is 57.6 Å². The van der Waals surface area contributed by atoms with Gasteiger partial charge < -0.3 is 9.64 Å². The molecule has 0 aromatic carbocycles. The molecule has 1 spiro atoms. The molecule has 5 rings (SSSR count). The predicted molar refractivity (Wildman–Crippen MR) is 121 cm³/mol. The molecule has 0 N–H and O–H groups in total. The van der Waals surface area contributed by atoms with Crippen molar-refractivity contribution in [1.29, 1.82) is 0 Å². The second-order valence-corrected chi connectivity index (χ2v) is 10.2. The number of hydrogen-bond acceptors (Lipinski definition) is 7. The van der Waals surface area contributed by atoms with Crippen molar-refractivity contribution in [3.63, 3.8) is 0 Å². The van der Waals surface area contributed by atoms with Gasteiger partial charge in [0.25, 0.3) is 0 Å². The number of rotatable bonds is 4. The van der Waals surface area contributed by atoms with E-state index in [1.165, 1.54) is 5.56 Å². The Balaban J connectivity index is 1.09. The lowest BCUT2D eigenvalue weighted by atomic mass is 9.61. The van der Waals surface area contributed by atoms with Gasteiger partial charge in [0.15, 0.2) is 5.69 Å². The van der Waals surface area contributed by atoms with E-state index in [1.807, 2.05) is 43.3 Å². The summed E-state index contributed by atoms with van der Waals surface area (Å²) in [5.74, 6) is 0.368. The summed E-state index contributed by atoms with van der Waals surface area (Å²) >= 11 is 0. The second-order valence-electron chi connectivity index (χ2n) is 10.2. The first-order valence-corrected chi connectivity index (χ1v) is 11.9. The molecule has 2 aromatic heterocycles. The molecule has 35 heavy (non-hydrogen) atoms. The average Bonchev–Trinajstić information content (AvgIpc) is 2.76. The maximum atomic E-state index is 13.0. The van der Waals surface area contributed by atoms with E-state index in [-0.39, 0.29) is 29.7 Å². The molecule has 3 aliphatic rings. The van der Waals surface area contributed by atoms with Gasteiger partial charge in [0.1, 0.15) is 11.9 Å². The van der Waals surface area contributed by atoms with E-state index in [9.17, 15) is 18.0 Å². The van der Waals surface area contributed by atoms with Crippen LogP contribution in [0.25, 0.3) is 0 Å². The molecule has 1 saturated carbocycles. The smallest absolute Gasteiger partial charge is 0.434 e. The maximum absolute atomic E-state index is 13.0. The molecular formula is C24H29F3N6O2. The largest absolute Gasteiger partial charge is 0.446 e. The highest BCUT2D eigenvalue weighted by Gasteiger charge is 2.54. The second kappa shape index (κ2) is 8.92. The summed E-state index contributed by atoms with van der Waals surface area (Å²) in [7, 11) is 0. The number of likely N-dealkylation sites (tertiary alicyclic amines) is 1. The fraction of sp³-hybridized carbons (Fsp3) is 0.583. The van der Waals surface area contributed by atoms with Gasteiger partial charge in [-0.1, -0.05) is 0 Å². The first kappa shape index (κ1) is 23.8. The van der Waals surface area contributed by atoms with Crippen LogP contribution in [0.2, 0.25) is 0 Å². The minimum absolute atomic E-state index is 0.0659. The van der Waals surface area contributed by atoms with Crippen LogP contribution >= 0.6 is 0 Å². The topological polar surface area (TPSA) is 74.7 Å². The van der Waals surface area contributed by atoms with Gasteiger partial charge in [0.2, 0.25) is 0 Å². The number of ether oxygens (including phenoxy) is 1. The van der Waals surface area contributed by atoms with Crippen LogP contribution in [-0.2, 0) is 17.5 Å². The number of aromatic nitrogens is 3. The van der Waals surface area contributed by atoms with Crippen molar-refractivity contribution < 1.29 is 22.7 Å². The quantitative estimate of drug-likeness (QED) is 0.649. The Bertz CT molecular complexity index is 1030. The number of alkyl halides is 3. The van der Waals surface area contributed by atoms with Crippen molar-refractivity contribution >= 4 is 11.9 Å². The van der Waals surface area contributed by atoms with E-state index < -0.39 is 11.9 Å². The van der Waals surface area contributed by atoms with Crippen LogP contribution in [0.5, 0.6) is 0 Å². The number of anilines is 1. The molecule has 2 saturated heterocycles. The van der Waals surface area contributed by atoms with E-state index in [1.54, 1.807) is 4.90 Å². The Morgan fingerprint density at radius 2 is 1.74 bits per heavy atom. The minimum atomic E-state index is -4.52. The fourth-order valence-corrected chi connectivity index (χ4v) is 5.71. The van der Waals surface area contributed by atoms with Crippen molar-refractivity contribution in [3.8, 4) is 0 Å². The monoisotopic (exact) mass is 490 g/mol. The summed E-state index contributed by atoms with van der Waals surface area (Å²) in [5.41, 5.74) is 0.492. The third-order valence-electron chi connectivity index (χ3n) is 7.24. The molecule has 11 heteroatoms. The molecule has 3 fully saturated rings. The fourth-order valence-electron chi connectivity index (χ4n) is 5.71. The van der Waals surface area contributed by atoms with Crippen LogP contribution in [-0.4, -0.2) is 75.2 Å². The molecule has 4 heterocycles. The number of nitrogens with zero attached hydrogens (tertiary/aromatic N) is 6. The van der Waals surface area contributed by atoms with Gasteiger partial charge in [-0.3, -0.25) is 14.8 Å². The van der Waals surface area contributed by atoms with Gasteiger partial charge in [-0.25, -0.2) is 14.8 Å². The van der Waals surface area contributed by atoms with Gasteiger partial charge in [-0.15, -0.1) is 0 Å². The Morgan fingerprint density at radius 1 is 1.09 bits per heavy atom. The number of halogens is 3. The van der Waals surface area contributed by atoms with Crippen LogP contribution in [0.3, 0.4) is 0 Å². The zero-order chi connectivity index (χ0) is 24.8. The molecule has 0 unspecified atom stereocenters. The van der Waals surface area contributed by atoms with Crippen LogP contribution < -0.4 is 4.90 Å². The van der Waals surface area contributed by atoms with E-state index in [0.717, 1.165) is 44.9 Å². The van der Waals surface area contributed by atoms with E-state index in [0.29, 0.717) is 18.9 Å². The summed E-state index contributed by atoms with van der Waals surface area (Å²) in [6.45, 7) is 7.65. The van der Waals surface area contributed by atoms with Crippen LogP contribution in [0.1, 0.15) is 37.9 Å². The molecule has 188 valence electrons. The molecule has 1 aliphatic carbocycles. The Hall–Kier alpha value is -2.95.